The molecule has 40 heavy (non-hydrogen) atoms. The molecule has 3 fully saturated rings. The topological polar surface area (TPSA) is 91.9 Å². The summed E-state index contributed by atoms with van der Waals surface area (Å²) in [4.78, 5) is 27.3. The Labute approximate surface area is 230 Å². The fourth-order valence-corrected chi connectivity index (χ4v) is 6.59. The van der Waals surface area contributed by atoms with Crippen LogP contribution in [0.3, 0.4) is 0 Å². The molecule has 8 nitrogen and oxygen atoms in total. The lowest BCUT2D eigenvalue weighted by molar-refractivity contribution is 0.167. The first kappa shape index (κ1) is 24.9. The number of phenolic OH excluding ortho intramolecular Hbond substituents is 1. The second-order valence-corrected chi connectivity index (χ2v) is 11.1. The average molecular weight is 541 g/mol. The number of likely N-dealkylation sites (tertiary alicyclic amines) is 1. The van der Waals surface area contributed by atoms with E-state index in [1.807, 2.05) is 4.90 Å². The zero-order chi connectivity index (χ0) is 27.5. The molecular formula is C31H29FN4O4. The molecular weight excluding hydrogens is 511 g/mol. The molecule has 1 aliphatic carbocycles. The molecule has 2 aromatic carbocycles. The maximum Gasteiger partial charge on any atom is 0.349 e. The van der Waals surface area contributed by atoms with Gasteiger partial charge in [0, 0.05) is 48.7 Å². The molecule has 0 spiro atoms. The van der Waals surface area contributed by atoms with E-state index < -0.39 is 11.4 Å². The highest BCUT2D eigenvalue weighted by molar-refractivity contribution is 6.03. The van der Waals surface area contributed by atoms with Crippen molar-refractivity contribution in [3.8, 4) is 35.4 Å². The summed E-state index contributed by atoms with van der Waals surface area (Å²) in [6.07, 6.45) is 10.5. The van der Waals surface area contributed by atoms with E-state index in [1.165, 1.54) is 43.5 Å². The number of hydrogen-bond donors (Lipinski definition) is 1. The molecule has 1 saturated carbocycles. The molecule has 2 atom stereocenters. The Morgan fingerprint density at radius 3 is 2.77 bits per heavy atom. The number of ether oxygens (including phenoxy) is 1. The fourth-order valence-electron chi connectivity index (χ4n) is 6.59. The summed E-state index contributed by atoms with van der Waals surface area (Å²) in [5.41, 5.74) is 0.660. The lowest BCUT2D eigenvalue weighted by atomic mass is 9.95. The van der Waals surface area contributed by atoms with Crippen molar-refractivity contribution in [1.82, 2.24) is 14.9 Å². The molecule has 1 N–H and O–H groups in total. The predicted octanol–water partition coefficient (Wildman–Crippen LogP) is 4.61. The molecule has 2 unspecified atom stereocenters. The van der Waals surface area contributed by atoms with E-state index in [0.717, 1.165) is 38.5 Å². The third-order valence-electron chi connectivity index (χ3n) is 8.69. The van der Waals surface area contributed by atoms with Gasteiger partial charge in [0.15, 0.2) is 5.82 Å². The largest absolute Gasteiger partial charge is 0.508 e. The molecule has 2 bridgehead atoms. The van der Waals surface area contributed by atoms with Crippen molar-refractivity contribution < 1.29 is 18.7 Å². The van der Waals surface area contributed by atoms with Crippen LogP contribution < -0.4 is 15.3 Å². The minimum atomic E-state index is -0.618. The molecule has 4 heterocycles. The van der Waals surface area contributed by atoms with E-state index in [-0.39, 0.29) is 28.5 Å². The molecule has 3 aliphatic rings. The highest BCUT2D eigenvalue weighted by atomic mass is 19.1. The van der Waals surface area contributed by atoms with Gasteiger partial charge in [-0.05, 0) is 62.1 Å². The summed E-state index contributed by atoms with van der Waals surface area (Å²) in [7, 11) is 0. The van der Waals surface area contributed by atoms with Crippen LogP contribution in [0.5, 0.6) is 11.8 Å². The number of anilines is 1. The van der Waals surface area contributed by atoms with Gasteiger partial charge in [0.2, 0.25) is 0 Å². The van der Waals surface area contributed by atoms with Gasteiger partial charge in [-0.2, -0.15) is 9.97 Å². The Hall–Kier alpha value is -4.16. The van der Waals surface area contributed by atoms with Crippen molar-refractivity contribution in [3.63, 3.8) is 0 Å². The Balaban J connectivity index is 1.35. The summed E-state index contributed by atoms with van der Waals surface area (Å²) < 4.78 is 26.7. The molecule has 0 radical (unpaired) electrons. The highest BCUT2D eigenvalue weighted by Gasteiger charge is 2.37. The van der Waals surface area contributed by atoms with Crippen LogP contribution in [0.15, 0.2) is 33.5 Å². The maximum absolute atomic E-state index is 14.7. The van der Waals surface area contributed by atoms with Crippen LogP contribution in [0.4, 0.5) is 10.2 Å². The molecule has 2 saturated heterocycles. The molecule has 4 aromatic rings. The third kappa shape index (κ3) is 3.97. The number of rotatable bonds is 6. The standard InChI is InChI=1S/C31H29FN4O4/c1-3-22-24(32)8-6-19-14-21(37)15-23(25(19)22)28-17(2)27-26(30(38)40-28)29(35-9-4-10-35)34-31(33-27)39-12-11-36-16-18-5-7-20(36)13-18/h1,6,8,14-15,18,20,37H,4-5,7,9-13,16H2,2H3. The lowest BCUT2D eigenvalue weighted by Crippen LogP contribution is -2.38. The summed E-state index contributed by atoms with van der Waals surface area (Å²) in [6, 6.07) is 6.56. The van der Waals surface area contributed by atoms with Crippen molar-refractivity contribution in [2.24, 2.45) is 5.92 Å². The third-order valence-corrected chi connectivity index (χ3v) is 8.69. The number of aromatic nitrogens is 2. The Kier molecular flexibility index (Phi) is 5.90. The zero-order valence-corrected chi connectivity index (χ0v) is 22.2. The van der Waals surface area contributed by atoms with Crippen LogP contribution >= 0.6 is 0 Å². The number of terminal acetylenes is 1. The van der Waals surface area contributed by atoms with Crippen molar-refractivity contribution >= 4 is 27.5 Å². The van der Waals surface area contributed by atoms with Crippen LogP contribution in [0.2, 0.25) is 0 Å². The van der Waals surface area contributed by atoms with Gasteiger partial charge >= 0.3 is 11.6 Å². The number of halogens is 1. The van der Waals surface area contributed by atoms with Gasteiger partial charge in [0.1, 0.15) is 29.3 Å². The Morgan fingerprint density at radius 2 is 2.08 bits per heavy atom. The first-order valence-electron chi connectivity index (χ1n) is 13.8. The van der Waals surface area contributed by atoms with Gasteiger partial charge in [-0.1, -0.05) is 12.0 Å². The van der Waals surface area contributed by atoms with Crippen molar-refractivity contribution in [2.45, 2.75) is 38.6 Å². The summed E-state index contributed by atoms with van der Waals surface area (Å²) >= 11 is 0. The number of aryl methyl sites for hydroxylation is 1. The highest BCUT2D eigenvalue weighted by Crippen LogP contribution is 2.40. The van der Waals surface area contributed by atoms with E-state index >= 15 is 0 Å². The molecule has 2 aromatic heterocycles. The molecule has 2 aliphatic heterocycles. The van der Waals surface area contributed by atoms with E-state index in [2.05, 4.69) is 20.8 Å². The van der Waals surface area contributed by atoms with Crippen LogP contribution in [0.1, 0.15) is 36.8 Å². The number of fused-ring (bicyclic) bond motifs is 4. The zero-order valence-electron chi connectivity index (χ0n) is 22.2. The van der Waals surface area contributed by atoms with E-state index in [4.69, 9.17) is 15.6 Å². The average Bonchev–Trinajstić information content (AvgIpc) is 3.53. The van der Waals surface area contributed by atoms with Crippen LogP contribution in [0.25, 0.3) is 33.0 Å². The second kappa shape index (κ2) is 9.49. The number of aromatic hydroxyl groups is 1. The first-order valence-corrected chi connectivity index (χ1v) is 13.8. The maximum atomic E-state index is 14.7. The van der Waals surface area contributed by atoms with Gasteiger partial charge in [-0.25, -0.2) is 9.18 Å². The van der Waals surface area contributed by atoms with Crippen LogP contribution in [-0.4, -0.2) is 58.8 Å². The van der Waals surface area contributed by atoms with Gasteiger partial charge in [0.05, 0.1) is 11.1 Å². The van der Waals surface area contributed by atoms with E-state index in [9.17, 15) is 14.3 Å². The number of phenols is 1. The van der Waals surface area contributed by atoms with Crippen molar-refractivity contribution in [1.29, 1.82) is 0 Å². The summed E-state index contributed by atoms with van der Waals surface area (Å²) in [5, 5.41) is 11.7. The monoisotopic (exact) mass is 540 g/mol. The molecule has 0 amide bonds. The summed E-state index contributed by atoms with van der Waals surface area (Å²) in [5.74, 6) is 3.22. The lowest BCUT2D eigenvalue weighted by Gasteiger charge is -2.32. The van der Waals surface area contributed by atoms with Crippen molar-refractivity contribution in [2.75, 3.05) is 37.7 Å². The number of nitrogens with zero attached hydrogens (tertiary/aromatic N) is 4. The van der Waals surface area contributed by atoms with Crippen LogP contribution in [-0.2, 0) is 0 Å². The smallest absolute Gasteiger partial charge is 0.349 e. The number of benzene rings is 2. The van der Waals surface area contributed by atoms with Gasteiger partial charge in [0.25, 0.3) is 0 Å². The summed E-state index contributed by atoms with van der Waals surface area (Å²) in [6.45, 7) is 5.69. The Morgan fingerprint density at radius 1 is 1.23 bits per heavy atom. The fraction of sp³-hybridized carbons (Fsp3) is 0.387. The van der Waals surface area contributed by atoms with Crippen LogP contribution in [0, 0.1) is 31.0 Å². The van der Waals surface area contributed by atoms with E-state index in [1.54, 1.807) is 6.92 Å². The number of hydrogen-bond acceptors (Lipinski definition) is 8. The molecule has 7 rings (SSSR count). The minimum Gasteiger partial charge on any atom is -0.508 e. The molecule has 204 valence electrons. The SMILES string of the molecule is C#Cc1c(F)ccc2cc(O)cc(-c3oc(=O)c4c(N5CCC5)nc(OCCN5CC6CCC5C6)nc4c3C)c12. The van der Waals surface area contributed by atoms with Crippen molar-refractivity contribution in [3.05, 3.63) is 51.6 Å². The minimum absolute atomic E-state index is 0.0261. The predicted molar refractivity (Wildman–Crippen MR) is 150 cm³/mol. The quantitative estimate of drug-likeness (QED) is 0.355. The van der Waals surface area contributed by atoms with E-state index in [0.29, 0.717) is 45.9 Å². The van der Waals surface area contributed by atoms with Gasteiger partial charge in [-0.3, -0.25) is 4.90 Å². The normalized spacial score (nSPS) is 20.3. The van der Waals surface area contributed by atoms with Gasteiger partial charge in [-0.15, -0.1) is 6.42 Å². The Bertz CT molecular complexity index is 1770. The van der Waals surface area contributed by atoms with Gasteiger partial charge < -0.3 is 19.2 Å². The molecule has 9 heteroatoms. The number of piperidine rings is 1. The second-order valence-electron chi connectivity index (χ2n) is 11.1. The first-order chi connectivity index (χ1) is 19.4.